The molecule has 0 saturated carbocycles. The number of hydrogen-bond acceptors (Lipinski definition) is 6. The van der Waals surface area contributed by atoms with Crippen molar-refractivity contribution in [3.63, 3.8) is 0 Å². The molecular weight excluding hydrogens is 268 g/mol. The van der Waals surface area contributed by atoms with Crippen LogP contribution in [0.1, 0.15) is 16.9 Å². The molecule has 118 valence electrons. The highest BCUT2D eigenvalue weighted by Crippen LogP contribution is 2.03. The van der Waals surface area contributed by atoms with Crippen molar-refractivity contribution in [1.29, 1.82) is 0 Å². The highest BCUT2D eigenvalue weighted by atomic mass is 16.1. The summed E-state index contributed by atoms with van der Waals surface area (Å²) in [6.45, 7) is 3.26. The molecule has 0 saturated heterocycles. The second-order valence-electron chi connectivity index (χ2n) is 5.43. The summed E-state index contributed by atoms with van der Waals surface area (Å²) in [5.74, 6) is 0.511. The fraction of sp³-hybridized carbons (Fsp3) is 0.643. The third-order valence-electron chi connectivity index (χ3n) is 2.83. The number of rotatable bonds is 9. The minimum absolute atomic E-state index is 0.160. The van der Waals surface area contributed by atoms with Gasteiger partial charge in [0.15, 0.2) is 0 Å². The van der Waals surface area contributed by atoms with Crippen LogP contribution in [0.15, 0.2) is 12.4 Å². The minimum atomic E-state index is -0.160. The van der Waals surface area contributed by atoms with Gasteiger partial charge in [0.05, 0.1) is 0 Å². The van der Waals surface area contributed by atoms with Crippen molar-refractivity contribution in [3.8, 4) is 0 Å². The lowest BCUT2D eigenvalue weighted by Crippen LogP contribution is -2.28. The molecule has 0 aliphatic rings. The quantitative estimate of drug-likeness (QED) is 0.631. The van der Waals surface area contributed by atoms with E-state index in [1.54, 1.807) is 6.07 Å². The van der Waals surface area contributed by atoms with Crippen molar-refractivity contribution in [2.45, 2.75) is 6.42 Å². The fourth-order valence-corrected chi connectivity index (χ4v) is 1.67. The first-order valence-corrected chi connectivity index (χ1v) is 7.12. The summed E-state index contributed by atoms with van der Waals surface area (Å²) in [6.07, 6.45) is 2.32. The van der Waals surface area contributed by atoms with Gasteiger partial charge in [-0.25, -0.2) is 9.97 Å². The Morgan fingerprint density at radius 2 is 1.81 bits per heavy atom. The van der Waals surface area contributed by atoms with E-state index in [4.69, 9.17) is 0 Å². The van der Waals surface area contributed by atoms with Crippen LogP contribution in [0, 0.1) is 0 Å². The number of hydrogen-bond donors (Lipinski definition) is 2. The molecule has 0 spiro atoms. The molecule has 0 bridgehead atoms. The average molecular weight is 294 g/mol. The lowest BCUT2D eigenvalue weighted by Gasteiger charge is -2.11. The topological polar surface area (TPSA) is 73.4 Å². The third kappa shape index (κ3) is 7.57. The van der Waals surface area contributed by atoms with Crippen molar-refractivity contribution in [3.05, 3.63) is 18.1 Å². The molecule has 1 amide bonds. The lowest BCUT2D eigenvalue weighted by molar-refractivity contribution is 0.0947. The van der Waals surface area contributed by atoms with Crippen LogP contribution in [0.5, 0.6) is 0 Å². The number of likely N-dealkylation sites (N-methyl/N-ethyl adjacent to an activating group) is 1. The number of carbonyl (C=O) groups is 1. The van der Waals surface area contributed by atoms with E-state index in [2.05, 4.69) is 30.4 Å². The van der Waals surface area contributed by atoms with Crippen molar-refractivity contribution < 1.29 is 4.79 Å². The minimum Gasteiger partial charge on any atom is -0.369 e. The molecule has 0 aliphatic heterocycles. The van der Waals surface area contributed by atoms with Gasteiger partial charge in [0, 0.05) is 25.7 Å². The zero-order valence-corrected chi connectivity index (χ0v) is 13.4. The van der Waals surface area contributed by atoms with Crippen molar-refractivity contribution in [2.75, 3.05) is 59.7 Å². The normalized spacial score (nSPS) is 11.0. The van der Waals surface area contributed by atoms with Gasteiger partial charge in [0.2, 0.25) is 0 Å². The van der Waals surface area contributed by atoms with Crippen LogP contribution >= 0.6 is 0 Å². The first kappa shape index (κ1) is 17.3. The molecule has 1 aromatic heterocycles. The second-order valence-corrected chi connectivity index (χ2v) is 5.43. The monoisotopic (exact) mass is 294 g/mol. The molecule has 0 radical (unpaired) electrons. The van der Waals surface area contributed by atoms with E-state index >= 15 is 0 Å². The largest absolute Gasteiger partial charge is 0.369 e. The van der Waals surface area contributed by atoms with Crippen LogP contribution in [-0.2, 0) is 0 Å². The zero-order chi connectivity index (χ0) is 15.7. The molecule has 0 fully saturated rings. The van der Waals surface area contributed by atoms with Crippen LogP contribution in [0.3, 0.4) is 0 Å². The number of anilines is 1. The van der Waals surface area contributed by atoms with E-state index < -0.39 is 0 Å². The standard InChI is InChI=1S/C14H26N6O/c1-19(2)8-5-6-16-14(21)12-10-13(18-11-17-12)15-7-9-20(3)4/h10-11H,5-9H2,1-4H3,(H,16,21)(H,15,17,18). The van der Waals surface area contributed by atoms with Gasteiger partial charge in [-0.3, -0.25) is 4.79 Å². The summed E-state index contributed by atoms with van der Waals surface area (Å²) in [5, 5.41) is 6.04. The predicted molar refractivity (Wildman–Crippen MR) is 84.6 cm³/mol. The highest BCUT2D eigenvalue weighted by molar-refractivity contribution is 5.92. The molecule has 1 heterocycles. The number of nitrogens with zero attached hydrogens (tertiary/aromatic N) is 4. The fourth-order valence-electron chi connectivity index (χ4n) is 1.67. The molecule has 0 atom stereocenters. The van der Waals surface area contributed by atoms with Gasteiger partial charge in [-0.1, -0.05) is 0 Å². The maximum Gasteiger partial charge on any atom is 0.270 e. The Labute approximate surface area is 126 Å². The van der Waals surface area contributed by atoms with E-state index in [1.165, 1.54) is 6.33 Å². The van der Waals surface area contributed by atoms with Gasteiger partial charge < -0.3 is 20.4 Å². The van der Waals surface area contributed by atoms with Gasteiger partial charge in [0.25, 0.3) is 5.91 Å². The number of carbonyl (C=O) groups excluding carboxylic acids is 1. The molecule has 7 heteroatoms. The van der Waals surface area contributed by atoms with Gasteiger partial charge in [-0.2, -0.15) is 0 Å². The molecule has 1 rings (SSSR count). The van der Waals surface area contributed by atoms with E-state index in [0.717, 1.165) is 26.1 Å². The molecule has 21 heavy (non-hydrogen) atoms. The smallest absolute Gasteiger partial charge is 0.270 e. The lowest BCUT2D eigenvalue weighted by atomic mass is 10.3. The molecule has 1 aromatic rings. The molecular formula is C14H26N6O. The average Bonchev–Trinajstić information content (AvgIpc) is 2.43. The Bertz CT molecular complexity index is 435. The summed E-state index contributed by atoms with van der Waals surface area (Å²) in [5.41, 5.74) is 0.391. The molecule has 0 unspecified atom stereocenters. The Morgan fingerprint density at radius 1 is 1.10 bits per heavy atom. The van der Waals surface area contributed by atoms with Gasteiger partial charge in [0.1, 0.15) is 17.8 Å². The van der Waals surface area contributed by atoms with Crippen LogP contribution in [0.25, 0.3) is 0 Å². The molecule has 0 aromatic carbocycles. The van der Waals surface area contributed by atoms with E-state index in [0.29, 0.717) is 18.1 Å². The van der Waals surface area contributed by atoms with Crippen molar-refractivity contribution in [1.82, 2.24) is 25.1 Å². The first-order valence-electron chi connectivity index (χ1n) is 7.12. The Hall–Kier alpha value is -1.73. The second kappa shape index (κ2) is 9.25. The van der Waals surface area contributed by atoms with Crippen molar-refractivity contribution in [2.24, 2.45) is 0 Å². The first-order chi connectivity index (χ1) is 9.99. The maximum atomic E-state index is 12.0. The van der Waals surface area contributed by atoms with E-state index in [-0.39, 0.29) is 5.91 Å². The summed E-state index contributed by atoms with van der Waals surface area (Å²) < 4.78 is 0. The number of nitrogens with one attached hydrogen (secondary N) is 2. The Morgan fingerprint density at radius 3 is 2.48 bits per heavy atom. The molecule has 2 N–H and O–H groups in total. The van der Waals surface area contributed by atoms with Gasteiger partial charge >= 0.3 is 0 Å². The zero-order valence-electron chi connectivity index (χ0n) is 13.4. The summed E-state index contributed by atoms with van der Waals surface area (Å²) in [7, 11) is 8.04. The molecule has 7 nitrogen and oxygen atoms in total. The summed E-state index contributed by atoms with van der Waals surface area (Å²) in [4.78, 5) is 24.3. The van der Waals surface area contributed by atoms with Gasteiger partial charge in [-0.15, -0.1) is 0 Å². The van der Waals surface area contributed by atoms with E-state index in [9.17, 15) is 4.79 Å². The SMILES string of the molecule is CN(C)CCCNC(=O)c1cc(NCCN(C)C)ncn1. The van der Waals surface area contributed by atoms with Crippen LogP contribution < -0.4 is 10.6 Å². The Balaban J connectivity index is 2.41. The van der Waals surface area contributed by atoms with Crippen LogP contribution in [0.4, 0.5) is 5.82 Å². The Kier molecular flexibility index (Phi) is 7.63. The third-order valence-corrected chi connectivity index (χ3v) is 2.83. The van der Waals surface area contributed by atoms with Gasteiger partial charge in [-0.05, 0) is 41.2 Å². The molecule has 0 aliphatic carbocycles. The predicted octanol–water partition coefficient (Wildman–Crippen LogP) is 0.132. The van der Waals surface area contributed by atoms with Crippen molar-refractivity contribution >= 4 is 11.7 Å². The van der Waals surface area contributed by atoms with Crippen LogP contribution in [-0.4, -0.2) is 80.0 Å². The summed E-state index contributed by atoms with van der Waals surface area (Å²) >= 11 is 0. The van der Waals surface area contributed by atoms with E-state index in [1.807, 2.05) is 28.2 Å². The maximum absolute atomic E-state index is 12.0. The number of amides is 1. The summed E-state index contributed by atoms with van der Waals surface area (Å²) in [6, 6.07) is 1.68. The van der Waals surface area contributed by atoms with Crippen LogP contribution in [0.2, 0.25) is 0 Å². The highest BCUT2D eigenvalue weighted by Gasteiger charge is 2.08. The number of aromatic nitrogens is 2.